The maximum absolute atomic E-state index is 12.8. The molecule has 9 heteroatoms. The molecule has 0 aliphatic carbocycles. The average molecular weight is 511 g/mol. The predicted molar refractivity (Wildman–Crippen MR) is 127 cm³/mol. The molecule has 0 saturated carbocycles. The van der Waals surface area contributed by atoms with Gasteiger partial charge in [-0.25, -0.2) is 12.7 Å². The van der Waals surface area contributed by atoms with Crippen molar-refractivity contribution in [1.29, 1.82) is 0 Å². The maximum Gasteiger partial charge on any atom is 0.221 e. The highest BCUT2D eigenvalue weighted by Crippen LogP contribution is 2.36. The van der Waals surface area contributed by atoms with Crippen LogP contribution >= 0.6 is 15.9 Å². The van der Waals surface area contributed by atoms with Crippen molar-refractivity contribution >= 4 is 42.8 Å². The summed E-state index contributed by atoms with van der Waals surface area (Å²) in [5.41, 5.74) is 8.41. The number of carbonyl (C=O) groups excluding carboxylic acids is 1. The smallest absolute Gasteiger partial charge is 0.221 e. The van der Waals surface area contributed by atoms with E-state index in [1.165, 1.54) is 18.4 Å². The van der Waals surface area contributed by atoms with Crippen LogP contribution in [0.25, 0.3) is 10.9 Å². The van der Waals surface area contributed by atoms with E-state index in [1.54, 1.807) is 4.31 Å². The summed E-state index contributed by atoms with van der Waals surface area (Å²) in [6.45, 7) is 4.21. The first-order valence-corrected chi connectivity index (χ1v) is 13.5. The summed E-state index contributed by atoms with van der Waals surface area (Å²) in [5.74, 6) is 0.171. The number of primary amides is 1. The molecule has 2 aromatic rings. The van der Waals surface area contributed by atoms with Crippen LogP contribution in [0.4, 0.5) is 0 Å². The average Bonchev–Trinajstić information content (AvgIpc) is 3.37. The van der Waals surface area contributed by atoms with E-state index in [0.29, 0.717) is 25.4 Å². The Labute approximate surface area is 192 Å². The molecule has 0 unspecified atom stereocenters. The van der Waals surface area contributed by atoms with Crippen molar-refractivity contribution < 1.29 is 13.2 Å². The lowest BCUT2D eigenvalue weighted by molar-refractivity contribution is -0.117. The lowest BCUT2D eigenvalue weighted by Gasteiger charge is -2.31. The van der Waals surface area contributed by atoms with E-state index >= 15 is 0 Å². The summed E-state index contributed by atoms with van der Waals surface area (Å²) < 4.78 is 28.2. The number of sulfonamides is 1. The van der Waals surface area contributed by atoms with Crippen LogP contribution in [0.3, 0.4) is 0 Å². The number of fused-ring (bicyclic) bond motifs is 1. The third kappa shape index (κ3) is 5.32. The molecule has 3 heterocycles. The van der Waals surface area contributed by atoms with Gasteiger partial charge in [0.2, 0.25) is 15.9 Å². The van der Waals surface area contributed by atoms with Crippen LogP contribution < -0.4 is 5.73 Å². The number of amides is 1. The van der Waals surface area contributed by atoms with Crippen molar-refractivity contribution in [2.24, 2.45) is 5.73 Å². The molecule has 7 nitrogen and oxygen atoms in total. The van der Waals surface area contributed by atoms with E-state index in [2.05, 4.69) is 31.9 Å². The Morgan fingerprint density at radius 1 is 1.16 bits per heavy atom. The number of piperidine rings is 1. The number of aromatic nitrogens is 1. The molecule has 2 aliphatic heterocycles. The van der Waals surface area contributed by atoms with Crippen molar-refractivity contribution in [1.82, 2.24) is 14.2 Å². The number of nitrogens with zero attached hydrogens (tertiary/aromatic N) is 2. The quantitative estimate of drug-likeness (QED) is 0.569. The monoisotopic (exact) mass is 510 g/mol. The van der Waals surface area contributed by atoms with Crippen LogP contribution in [0.15, 0.2) is 22.8 Å². The van der Waals surface area contributed by atoms with Gasteiger partial charge in [0, 0.05) is 34.7 Å². The molecule has 1 aromatic carbocycles. The van der Waals surface area contributed by atoms with E-state index < -0.39 is 10.0 Å². The molecule has 31 heavy (non-hydrogen) atoms. The number of hydrogen-bond acceptors (Lipinski definition) is 4. The molecule has 2 fully saturated rings. The number of hydrogen-bond donors (Lipinski definition) is 2. The molecule has 0 spiro atoms. The zero-order valence-electron chi connectivity index (χ0n) is 17.8. The number of carbonyl (C=O) groups is 1. The second kappa shape index (κ2) is 9.60. The fourth-order valence-electron chi connectivity index (χ4n) is 5.00. The van der Waals surface area contributed by atoms with E-state index in [0.717, 1.165) is 53.4 Å². The molecule has 2 aliphatic rings. The number of halogens is 1. The number of benzene rings is 1. The van der Waals surface area contributed by atoms with Gasteiger partial charge < -0.3 is 15.6 Å². The van der Waals surface area contributed by atoms with Crippen LogP contribution in [0, 0.1) is 0 Å². The Morgan fingerprint density at radius 3 is 2.55 bits per heavy atom. The standard InChI is InChI=1S/C22H31BrN4O3S/c23-18-12-17(13-21(24)28)22-19(14-18)20(15-25-22)16-4-9-27(10-5-16)31(29,30)11-3-8-26-6-1-2-7-26/h12,14-16,25H,1-11,13H2,(H2,24,28). The minimum atomic E-state index is -3.20. The number of nitrogens with two attached hydrogens (primary N) is 1. The fraction of sp³-hybridized carbons (Fsp3) is 0.591. The second-order valence-corrected chi connectivity index (χ2v) is 11.8. The van der Waals surface area contributed by atoms with Crippen molar-refractivity contribution in [2.45, 2.75) is 44.4 Å². The number of nitrogens with one attached hydrogen (secondary N) is 1. The lowest BCUT2D eigenvalue weighted by Crippen LogP contribution is -2.39. The molecule has 0 bridgehead atoms. The normalized spacial score (nSPS) is 19.4. The number of H-pyrrole nitrogens is 1. The first-order valence-electron chi connectivity index (χ1n) is 11.1. The number of likely N-dealkylation sites (tertiary alicyclic amines) is 1. The molecular formula is C22H31BrN4O3S. The van der Waals surface area contributed by atoms with Gasteiger partial charge in [0.25, 0.3) is 0 Å². The highest BCUT2D eigenvalue weighted by Gasteiger charge is 2.30. The topological polar surface area (TPSA) is 99.5 Å². The first-order chi connectivity index (χ1) is 14.8. The van der Waals surface area contributed by atoms with Crippen molar-refractivity contribution in [3.63, 3.8) is 0 Å². The third-order valence-electron chi connectivity index (χ3n) is 6.59. The summed E-state index contributed by atoms with van der Waals surface area (Å²) in [4.78, 5) is 17.1. The van der Waals surface area contributed by atoms with Gasteiger partial charge in [-0.3, -0.25) is 4.79 Å². The molecule has 2 saturated heterocycles. The zero-order chi connectivity index (χ0) is 22.0. The SMILES string of the molecule is NC(=O)Cc1cc(Br)cc2c(C3CCN(S(=O)(=O)CCCN4CCCC4)CC3)c[nH]c12. The molecule has 3 N–H and O–H groups in total. The van der Waals surface area contributed by atoms with E-state index in [-0.39, 0.29) is 18.1 Å². The van der Waals surface area contributed by atoms with Crippen LogP contribution in [0.5, 0.6) is 0 Å². The summed E-state index contributed by atoms with van der Waals surface area (Å²) in [7, 11) is -3.20. The zero-order valence-corrected chi connectivity index (χ0v) is 20.2. The molecule has 0 atom stereocenters. The van der Waals surface area contributed by atoms with Crippen LogP contribution in [0.1, 0.15) is 49.1 Å². The number of rotatable bonds is 8. The highest BCUT2D eigenvalue weighted by atomic mass is 79.9. The minimum Gasteiger partial charge on any atom is -0.369 e. The van der Waals surface area contributed by atoms with Gasteiger partial charge >= 0.3 is 0 Å². The van der Waals surface area contributed by atoms with E-state index in [1.807, 2.05) is 12.3 Å². The largest absolute Gasteiger partial charge is 0.369 e. The Morgan fingerprint density at radius 2 is 1.87 bits per heavy atom. The van der Waals surface area contributed by atoms with Crippen molar-refractivity contribution in [3.05, 3.63) is 33.9 Å². The van der Waals surface area contributed by atoms with Crippen LogP contribution in [-0.2, 0) is 21.2 Å². The third-order valence-corrected chi connectivity index (χ3v) is 9.01. The summed E-state index contributed by atoms with van der Waals surface area (Å²) >= 11 is 3.54. The first kappa shape index (κ1) is 22.8. The maximum atomic E-state index is 12.8. The summed E-state index contributed by atoms with van der Waals surface area (Å²) in [6, 6.07) is 3.98. The Balaban J connectivity index is 1.39. The summed E-state index contributed by atoms with van der Waals surface area (Å²) in [6.07, 6.45) is 6.97. The van der Waals surface area contributed by atoms with Crippen LogP contribution in [0.2, 0.25) is 0 Å². The minimum absolute atomic E-state index is 0.185. The van der Waals surface area contributed by atoms with Gasteiger partial charge in [-0.05, 0) is 80.9 Å². The second-order valence-electron chi connectivity index (χ2n) is 8.77. The van der Waals surface area contributed by atoms with E-state index in [9.17, 15) is 13.2 Å². The molecular weight excluding hydrogens is 480 g/mol. The Bertz CT molecular complexity index is 1040. The fourth-order valence-corrected chi connectivity index (χ4v) is 7.03. The Kier molecular flexibility index (Phi) is 7.05. The van der Waals surface area contributed by atoms with E-state index in [4.69, 9.17) is 5.73 Å². The van der Waals surface area contributed by atoms with Gasteiger partial charge in [-0.15, -0.1) is 0 Å². The van der Waals surface area contributed by atoms with Crippen molar-refractivity contribution in [2.75, 3.05) is 38.5 Å². The Hall–Kier alpha value is -1.42. The van der Waals surface area contributed by atoms with Gasteiger partial charge in [-0.2, -0.15) is 0 Å². The highest BCUT2D eigenvalue weighted by molar-refractivity contribution is 9.10. The van der Waals surface area contributed by atoms with Gasteiger partial charge in [-0.1, -0.05) is 15.9 Å². The van der Waals surface area contributed by atoms with Gasteiger partial charge in [0.1, 0.15) is 0 Å². The van der Waals surface area contributed by atoms with Gasteiger partial charge in [0.05, 0.1) is 12.2 Å². The summed E-state index contributed by atoms with van der Waals surface area (Å²) in [5, 5.41) is 1.08. The predicted octanol–water partition coefficient (Wildman–Crippen LogP) is 2.95. The van der Waals surface area contributed by atoms with Crippen molar-refractivity contribution in [3.8, 4) is 0 Å². The molecule has 170 valence electrons. The molecule has 0 radical (unpaired) electrons. The van der Waals surface area contributed by atoms with Gasteiger partial charge in [0.15, 0.2) is 0 Å². The van der Waals surface area contributed by atoms with Crippen LogP contribution in [-0.4, -0.2) is 67.0 Å². The number of aromatic amines is 1. The molecule has 1 amide bonds. The lowest BCUT2D eigenvalue weighted by atomic mass is 9.89. The molecule has 4 rings (SSSR count). The molecule has 1 aromatic heterocycles.